The average Bonchev–Trinajstić information content (AvgIpc) is 3.32. The Bertz CT molecular complexity index is 1430. The number of furan rings is 1. The van der Waals surface area contributed by atoms with Crippen molar-refractivity contribution < 1.29 is 9.15 Å². The van der Waals surface area contributed by atoms with Gasteiger partial charge in [0, 0.05) is 24.7 Å². The third-order valence-electron chi connectivity index (χ3n) is 6.18. The van der Waals surface area contributed by atoms with E-state index in [0.29, 0.717) is 22.5 Å². The maximum absolute atomic E-state index is 13.5. The van der Waals surface area contributed by atoms with Crippen LogP contribution in [0.15, 0.2) is 62.8 Å². The van der Waals surface area contributed by atoms with Gasteiger partial charge in [-0.3, -0.25) is 4.79 Å². The van der Waals surface area contributed by atoms with Crippen LogP contribution < -0.4 is 15.2 Å². The topological polar surface area (TPSA) is 72.9 Å². The third kappa shape index (κ3) is 4.71. The average molecular weight is 473 g/mol. The molecular weight excluding hydrogens is 440 g/mol. The van der Waals surface area contributed by atoms with Crippen molar-refractivity contribution in [2.45, 2.75) is 40.5 Å². The molecule has 0 saturated heterocycles. The number of hydrogen-bond acceptors (Lipinski definition) is 6. The predicted molar refractivity (Wildman–Crippen MR) is 142 cm³/mol. The van der Waals surface area contributed by atoms with Gasteiger partial charge in [0.15, 0.2) is 11.7 Å². The van der Waals surface area contributed by atoms with Gasteiger partial charge >= 0.3 is 0 Å². The fourth-order valence-corrected chi connectivity index (χ4v) is 4.20. The second kappa shape index (κ2) is 10.2. The number of ether oxygens (including phenoxy) is 1. The molecule has 0 radical (unpaired) electrons. The first-order valence-corrected chi connectivity index (χ1v) is 12.0. The van der Waals surface area contributed by atoms with Gasteiger partial charge in [0.05, 0.1) is 24.2 Å². The van der Waals surface area contributed by atoms with E-state index in [0.717, 1.165) is 41.4 Å². The van der Waals surface area contributed by atoms with Crippen LogP contribution in [0.2, 0.25) is 0 Å². The molecule has 0 bridgehead atoms. The van der Waals surface area contributed by atoms with E-state index >= 15 is 0 Å². The summed E-state index contributed by atoms with van der Waals surface area (Å²) in [5.41, 5.74) is 3.21. The van der Waals surface area contributed by atoms with Crippen LogP contribution in [0.4, 0.5) is 5.88 Å². The number of aromatic nitrogens is 2. The minimum Gasteiger partial charge on any atom is -0.496 e. The first-order chi connectivity index (χ1) is 16.9. The minimum atomic E-state index is -0.237. The van der Waals surface area contributed by atoms with Crippen LogP contribution in [0, 0.1) is 6.92 Å². The first-order valence-electron chi connectivity index (χ1n) is 12.0. The zero-order chi connectivity index (χ0) is 25.1. The van der Waals surface area contributed by atoms with Crippen molar-refractivity contribution in [3.05, 3.63) is 75.8 Å². The van der Waals surface area contributed by atoms with Gasteiger partial charge in [-0.15, -0.1) is 0 Å². The van der Waals surface area contributed by atoms with Crippen LogP contribution in [-0.2, 0) is 0 Å². The molecule has 0 fully saturated rings. The van der Waals surface area contributed by atoms with Crippen molar-refractivity contribution in [3.8, 4) is 17.1 Å². The van der Waals surface area contributed by atoms with Gasteiger partial charge in [-0.1, -0.05) is 26.0 Å². The fraction of sp³-hybridized carbons (Fsp3) is 0.321. The van der Waals surface area contributed by atoms with Gasteiger partial charge in [-0.05, 0) is 68.1 Å². The standard InChI is InChI=1S/C28H32N4O3/c1-7-31(8-2)26-14-13-20(35-26)17-29-32-27(30-24-12-10-9-11-21(24)28(32)33)23-16-22(18(3)4)25(34-6)15-19(23)5/h9-18H,7-8H2,1-6H3. The maximum Gasteiger partial charge on any atom is 0.282 e. The monoisotopic (exact) mass is 472 g/mol. The quantitative estimate of drug-likeness (QED) is 0.302. The number of fused-ring (bicyclic) bond motifs is 1. The summed E-state index contributed by atoms with van der Waals surface area (Å²) in [6, 6.07) is 15.1. The molecule has 0 aliphatic heterocycles. The molecule has 0 saturated carbocycles. The van der Waals surface area contributed by atoms with Crippen molar-refractivity contribution in [3.63, 3.8) is 0 Å². The number of hydrogen-bond donors (Lipinski definition) is 0. The number of para-hydroxylation sites is 1. The Morgan fingerprint density at radius 3 is 2.57 bits per heavy atom. The predicted octanol–water partition coefficient (Wildman–Crippen LogP) is 5.83. The molecule has 0 amide bonds. The normalized spacial score (nSPS) is 11.6. The minimum absolute atomic E-state index is 0.232. The Labute approximate surface area is 205 Å². The number of aryl methyl sites for hydroxylation is 1. The van der Waals surface area contributed by atoms with Crippen LogP contribution in [-0.4, -0.2) is 36.1 Å². The molecule has 2 heterocycles. The summed E-state index contributed by atoms with van der Waals surface area (Å²) in [5.74, 6) is 2.86. The highest BCUT2D eigenvalue weighted by molar-refractivity contribution is 5.81. The molecule has 0 spiro atoms. The molecule has 7 heteroatoms. The van der Waals surface area contributed by atoms with Crippen LogP contribution in [0.5, 0.6) is 5.75 Å². The number of methoxy groups -OCH3 is 1. The van der Waals surface area contributed by atoms with Crippen LogP contribution >= 0.6 is 0 Å². The Kier molecular flexibility index (Phi) is 7.05. The van der Waals surface area contributed by atoms with E-state index in [9.17, 15) is 4.79 Å². The molecule has 0 N–H and O–H groups in total. The smallest absolute Gasteiger partial charge is 0.282 e. The van der Waals surface area contributed by atoms with E-state index in [1.54, 1.807) is 19.4 Å². The molecule has 182 valence electrons. The lowest BCUT2D eigenvalue weighted by Gasteiger charge is -2.17. The van der Waals surface area contributed by atoms with E-state index in [1.165, 1.54) is 4.68 Å². The van der Waals surface area contributed by atoms with Gasteiger partial charge in [-0.25, -0.2) is 4.98 Å². The molecule has 2 aromatic heterocycles. The van der Waals surface area contributed by atoms with Gasteiger partial charge < -0.3 is 14.1 Å². The first kappa shape index (κ1) is 24.3. The Morgan fingerprint density at radius 1 is 1.14 bits per heavy atom. The largest absolute Gasteiger partial charge is 0.496 e. The molecule has 0 aliphatic carbocycles. The lowest BCUT2D eigenvalue weighted by atomic mass is 9.96. The Balaban J connectivity index is 1.90. The number of rotatable bonds is 8. The highest BCUT2D eigenvalue weighted by Crippen LogP contribution is 2.34. The highest BCUT2D eigenvalue weighted by Gasteiger charge is 2.18. The molecule has 35 heavy (non-hydrogen) atoms. The van der Waals surface area contributed by atoms with E-state index in [4.69, 9.17) is 14.1 Å². The van der Waals surface area contributed by atoms with Gasteiger partial charge in [0.1, 0.15) is 11.5 Å². The maximum atomic E-state index is 13.5. The second-order valence-corrected chi connectivity index (χ2v) is 8.73. The zero-order valence-corrected chi connectivity index (χ0v) is 21.2. The van der Waals surface area contributed by atoms with Gasteiger partial charge in [-0.2, -0.15) is 9.78 Å². The summed E-state index contributed by atoms with van der Waals surface area (Å²) >= 11 is 0. The van der Waals surface area contributed by atoms with Gasteiger partial charge in [0.25, 0.3) is 5.56 Å². The van der Waals surface area contributed by atoms with E-state index < -0.39 is 0 Å². The molecule has 4 rings (SSSR count). The summed E-state index contributed by atoms with van der Waals surface area (Å²) < 4.78 is 12.9. The molecule has 0 aliphatic rings. The van der Waals surface area contributed by atoms with Gasteiger partial charge in [0.2, 0.25) is 0 Å². The summed E-state index contributed by atoms with van der Waals surface area (Å²) in [6.45, 7) is 12.0. The third-order valence-corrected chi connectivity index (χ3v) is 6.18. The van der Waals surface area contributed by atoms with Crippen LogP contribution in [0.3, 0.4) is 0 Å². The molecule has 4 aromatic rings. The van der Waals surface area contributed by atoms with E-state index in [2.05, 4.69) is 37.7 Å². The zero-order valence-electron chi connectivity index (χ0n) is 21.2. The molecule has 2 aromatic carbocycles. The van der Waals surface area contributed by atoms with Crippen molar-refractivity contribution in [2.24, 2.45) is 5.10 Å². The summed E-state index contributed by atoms with van der Waals surface area (Å²) in [5, 5.41) is 5.06. The SMILES string of the molecule is CCN(CC)c1ccc(C=Nn2c(-c3cc(C(C)C)c(OC)cc3C)nc3ccccc3c2=O)o1. The molecule has 7 nitrogen and oxygen atoms in total. The highest BCUT2D eigenvalue weighted by atomic mass is 16.5. The Morgan fingerprint density at radius 2 is 1.89 bits per heavy atom. The lowest BCUT2D eigenvalue weighted by molar-refractivity contribution is 0.407. The lowest BCUT2D eigenvalue weighted by Crippen LogP contribution is -2.21. The number of nitrogens with zero attached hydrogens (tertiary/aromatic N) is 4. The molecular formula is C28H32N4O3. The van der Waals surface area contributed by atoms with Crippen molar-refractivity contribution in [1.29, 1.82) is 0 Å². The van der Waals surface area contributed by atoms with Crippen LogP contribution in [0.25, 0.3) is 22.3 Å². The Hall–Kier alpha value is -3.87. The molecule has 0 atom stereocenters. The summed E-state index contributed by atoms with van der Waals surface area (Å²) in [4.78, 5) is 20.5. The molecule has 0 unspecified atom stereocenters. The number of benzene rings is 2. The second-order valence-electron chi connectivity index (χ2n) is 8.73. The van der Waals surface area contributed by atoms with Crippen LogP contribution in [0.1, 0.15) is 50.5 Å². The van der Waals surface area contributed by atoms with Crippen molar-refractivity contribution in [1.82, 2.24) is 9.66 Å². The summed E-state index contributed by atoms with van der Waals surface area (Å²) in [6.07, 6.45) is 1.57. The number of anilines is 1. The van der Waals surface area contributed by atoms with E-state index in [1.807, 2.05) is 49.4 Å². The van der Waals surface area contributed by atoms with Crippen molar-refractivity contribution >= 4 is 23.0 Å². The van der Waals surface area contributed by atoms with Crippen molar-refractivity contribution in [2.75, 3.05) is 25.1 Å². The fourth-order valence-electron chi connectivity index (χ4n) is 4.20. The summed E-state index contributed by atoms with van der Waals surface area (Å²) in [7, 11) is 1.67. The van der Waals surface area contributed by atoms with E-state index in [-0.39, 0.29) is 11.5 Å².